The summed E-state index contributed by atoms with van der Waals surface area (Å²) < 4.78 is 49.4. The number of alkyl halides is 3. The van der Waals surface area contributed by atoms with Crippen molar-refractivity contribution in [1.29, 1.82) is 0 Å². The summed E-state index contributed by atoms with van der Waals surface area (Å²) >= 11 is 0. The Kier molecular flexibility index (Phi) is 7.36. The van der Waals surface area contributed by atoms with Crippen molar-refractivity contribution in [1.82, 2.24) is 10.2 Å². The first kappa shape index (κ1) is 26.7. The molecule has 1 atom stereocenters. The molecule has 3 aromatic carbocycles. The quantitative estimate of drug-likeness (QED) is 0.418. The monoisotopic (exact) mass is 538 g/mol. The Morgan fingerprint density at radius 2 is 1.54 bits per heavy atom. The number of hydrogen-bond donors (Lipinski definition) is 1. The van der Waals surface area contributed by atoms with Crippen LogP contribution in [0.25, 0.3) is 0 Å². The van der Waals surface area contributed by atoms with Crippen molar-refractivity contribution < 1.29 is 32.2 Å². The topological polar surface area (TPSA) is 67.9 Å². The third kappa shape index (κ3) is 5.78. The van der Waals surface area contributed by atoms with Crippen LogP contribution in [-0.4, -0.2) is 49.1 Å². The maximum atomic E-state index is 13.3. The third-order valence-corrected chi connectivity index (χ3v) is 7.29. The lowest BCUT2D eigenvalue weighted by Crippen LogP contribution is -2.57. The minimum atomic E-state index is -4.41. The Balaban J connectivity index is 1.22. The first-order valence-corrected chi connectivity index (χ1v) is 12.9. The van der Waals surface area contributed by atoms with Crippen molar-refractivity contribution in [3.8, 4) is 11.5 Å². The molecule has 2 saturated heterocycles. The van der Waals surface area contributed by atoms with Crippen LogP contribution in [0, 0.1) is 5.41 Å². The molecule has 1 spiro atoms. The van der Waals surface area contributed by atoms with E-state index >= 15 is 0 Å². The molecule has 39 heavy (non-hydrogen) atoms. The van der Waals surface area contributed by atoms with Crippen molar-refractivity contribution in [2.75, 3.05) is 26.3 Å². The van der Waals surface area contributed by atoms with Crippen LogP contribution in [0.2, 0.25) is 0 Å². The highest BCUT2D eigenvalue weighted by Crippen LogP contribution is 2.39. The fourth-order valence-corrected chi connectivity index (χ4v) is 5.03. The van der Waals surface area contributed by atoms with Gasteiger partial charge >= 0.3 is 6.18 Å². The van der Waals surface area contributed by atoms with E-state index in [1.165, 1.54) is 17.7 Å². The van der Waals surface area contributed by atoms with E-state index in [2.05, 4.69) is 12.2 Å². The number of hydrogen-bond acceptors (Lipinski definition) is 4. The number of carbonyl (C=O) groups is 2. The lowest BCUT2D eigenvalue weighted by molar-refractivity contribution is -0.137. The van der Waals surface area contributed by atoms with Gasteiger partial charge in [0.1, 0.15) is 11.5 Å². The highest BCUT2D eigenvalue weighted by atomic mass is 19.4. The lowest BCUT2D eigenvalue weighted by atomic mass is 9.81. The molecule has 2 aliphatic heterocycles. The number of halogens is 3. The van der Waals surface area contributed by atoms with Crippen molar-refractivity contribution in [3.05, 3.63) is 95.1 Å². The Hall–Kier alpha value is -3.85. The molecule has 0 aliphatic carbocycles. The highest BCUT2D eigenvalue weighted by molar-refractivity contribution is 5.96. The number of benzene rings is 3. The molecule has 0 bridgehead atoms. The van der Waals surface area contributed by atoms with Crippen molar-refractivity contribution >= 4 is 11.8 Å². The molecule has 2 aliphatic rings. The van der Waals surface area contributed by atoms with Crippen LogP contribution in [0.4, 0.5) is 13.2 Å². The maximum absolute atomic E-state index is 13.3. The standard InChI is InChI=1S/C30H29F3N2O4/c1-2-3-20-4-6-21(7-5-20)27(36)34-26-16-35(17-29(26)18-38-19-29)28(37)22-8-12-24(13-9-22)39-25-14-10-23(11-15-25)30(31,32)33/h4-15,26H,2-3,16-19H2,1H3,(H,34,36). The molecule has 1 N–H and O–H groups in total. The second kappa shape index (κ2) is 10.7. The number of likely N-dealkylation sites (tertiary alicyclic amines) is 1. The van der Waals surface area contributed by atoms with Crippen LogP contribution in [0.5, 0.6) is 11.5 Å². The Morgan fingerprint density at radius 1 is 0.949 bits per heavy atom. The summed E-state index contributed by atoms with van der Waals surface area (Å²) in [5, 5.41) is 3.12. The van der Waals surface area contributed by atoms with Gasteiger partial charge in [-0.25, -0.2) is 0 Å². The first-order valence-electron chi connectivity index (χ1n) is 12.9. The number of ether oxygens (including phenoxy) is 2. The summed E-state index contributed by atoms with van der Waals surface area (Å²) in [5.74, 6) is 0.301. The summed E-state index contributed by atoms with van der Waals surface area (Å²) in [6.07, 6.45) is -2.42. The van der Waals surface area contributed by atoms with E-state index < -0.39 is 11.7 Å². The van der Waals surface area contributed by atoms with E-state index in [0.29, 0.717) is 43.2 Å². The molecule has 1 unspecified atom stereocenters. The van der Waals surface area contributed by atoms with Crippen LogP contribution < -0.4 is 10.1 Å². The van der Waals surface area contributed by atoms with Gasteiger partial charge in [0.2, 0.25) is 0 Å². The molecule has 3 aromatic rings. The number of nitrogens with one attached hydrogen (secondary N) is 1. The molecule has 9 heteroatoms. The summed E-state index contributed by atoms with van der Waals surface area (Å²) in [5.41, 5.74) is 1.14. The largest absolute Gasteiger partial charge is 0.457 e. The normalized spacial score (nSPS) is 18.1. The van der Waals surface area contributed by atoms with E-state index in [4.69, 9.17) is 9.47 Å². The Bertz CT molecular complexity index is 1320. The van der Waals surface area contributed by atoms with E-state index in [1.807, 2.05) is 24.3 Å². The molecule has 0 saturated carbocycles. The van der Waals surface area contributed by atoms with Crippen molar-refractivity contribution in [3.63, 3.8) is 0 Å². The first-order chi connectivity index (χ1) is 18.7. The van der Waals surface area contributed by atoms with Crippen molar-refractivity contribution in [2.45, 2.75) is 32.0 Å². The summed E-state index contributed by atoms with van der Waals surface area (Å²) in [6.45, 7) is 3.88. The smallest absolute Gasteiger partial charge is 0.416 e. The van der Waals surface area contributed by atoms with Crippen LogP contribution in [0.1, 0.15) is 45.2 Å². The molecular weight excluding hydrogens is 509 g/mol. The Labute approximate surface area is 224 Å². The van der Waals surface area contributed by atoms with Crippen LogP contribution in [-0.2, 0) is 17.3 Å². The number of nitrogens with zero attached hydrogens (tertiary/aromatic N) is 1. The fourth-order valence-electron chi connectivity index (χ4n) is 5.03. The number of aryl methyl sites for hydroxylation is 1. The Morgan fingerprint density at radius 3 is 2.08 bits per heavy atom. The lowest BCUT2D eigenvalue weighted by Gasteiger charge is -2.42. The SMILES string of the molecule is CCCc1ccc(C(=O)NC2CN(C(=O)c3ccc(Oc4ccc(C(F)(F)F)cc4)cc3)CC23COC3)cc1. The zero-order valence-corrected chi connectivity index (χ0v) is 21.5. The van der Waals surface area contributed by atoms with E-state index in [0.717, 1.165) is 25.0 Å². The van der Waals surface area contributed by atoms with Gasteiger partial charge in [-0.3, -0.25) is 9.59 Å². The minimum absolute atomic E-state index is 0.173. The van der Waals surface area contributed by atoms with Gasteiger partial charge in [0, 0.05) is 24.2 Å². The summed E-state index contributed by atoms with van der Waals surface area (Å²) in [4.78, 5) is 28.0. The van der Waals surface area contributed by atoms with Gasteiger partial charge in [0.25, 0.3) is 11.8 Å². The number of amides is 2. The van der Waals surface area contributed by atoms with Gasteiger partial charge in [-0.05, 0) is 72.6 Å². The van der Waals surface area contributed by atoms with Gasteiger partial charge in [-0.2, -0.15) is 13.2 Å². The number of rotatable bonds is 7. The van der Waals surface area contributed by atoms with Gasteiger partial charge in [-0.1, -0.05) is 25.5 Å². The van der Waals surface area contributed by atoms with E-state index in [9.17, 15) is 22.8 Å². The minimum Gasteiger partial charge on any atom is -0.457 e. The molecule has 2 amide bonds. The predicted molar refractivity (Wildman–Crippen MR) is 139 cm³/mol. The molecule has 2 fully saturated rings. The average molecular weight is 539 g/mol. The van der Waals surface area contributed by atoms with Crippen LogP contribution >= 0.6 is 0 Å². The molecule has 5 rings (SSSR count). The van der Waals surface area contributed by atoms with Crippen LogP contribution in [0.15, 0.2) is 72.8 Å². The molecular formula is C30H29F3N2O4. The summed E-state index contributed by atoms with van der Waals surface area (Å²) in [6, 6.07) is 18.2. The highest BCUT2D eigenvalue weighted by Gasteiger charge is 2.53. The van der Waals surface area contributed by atoms with Crippen molar-refractivity contribution in [2.24, 2.45) is 5.41 Å². The molecule has 0 aromatic heterocycles. The molecule has 2 heterocycles. The van der Waals surface area contributed by atoms with E-state index in [-0.39, 0.29) is 29.0 Å². The zero-order chi connectivity index (χ0) is 27.6. The zero-order valence-electron chi connectivity index (χ0n) is 21.5. The van der Waals surface area contributed by atoms with Crippen LogP contribution in [0.3, 0.4) is 0 Å². The van der Waals surface area contributed by atoms with Gasteiger partial charge < -0.3 is 19.7 Å². The maximum Gasteiger partial charge on any atom is 0.416 e. The predicted octanol–water partition coefficient (Wildman–Crippen LogP) is 5.72. The fraction of sp³-hybridized carbons (Fsp3) is 0.333. The second-order valence-corrected chi connectivity index (χ2v) is 10.2. The van der Waals surface area contributed by atoms with E-state index in [1.54, 1.807) is 29.2 Å². The number of carbonyl (C=O) groups excluding carboxylic acids is 2. The molecule has 6 nitrogen and oxygen atoms in total. The molecule has 0 radical (unpaired) electrons. The van der Waals surface area contributed by atoms with Gasteiger partial charge in [0.05, 0.1) is 30.2 Å². The second-order valence-electron chi connectivity index (χ2n) is 10.2. The average Bonchev–Trinajstić information content (AvgIpc) is 3.29. The van der Waals surface area contributed by atoms with Gasteiger partial charge in [0.15, 0.2) is 0 Å². The van der Waals surface area contributed by atoms with Gasteiger partial charge in [-0.15, -0.1) is 0 Å². The third-order valence-electron chi connectivity index (χ3n) is 7.29. The summed E-state index contributed by atoms with van der Waals surface area (Å²) in [7, 11) is 0. The molecule has 204 valence electrons.